The molecule has 96 valence electrons. The number of hydrogen-bond acceptors (Lipinski definition) is 5. The summed E-state index contributed by atoms with van der Waals surface area (Å²) in [4.78, 5) is 2.03. The maximum Gasteiger partial charge on any atom is 0.317 e. The zero-order chi connectivity index (χ0) is 12.3. The SMILES string of the molecule is CCC(C)CN(C)c1nnc(CNC2CC2)o1. The Morgan fingerprint density at radius 2 is 2.24 bits per heavy atom. The van der Waals surface area contributed by atoms with Gasteiger partial charge in [-0.1, -0.05) is 25.4 Å². The van der Waals surface area contributed by atoms with Crippen LogP contribution in [0.3, 0.4) is 0 Å². The Morgan fingerprint density at radius 3 is 2.88 bits per heavy atom. The first-order chi connectivity index (χ1) is 8.19. The molecule has 5 nitrogen and oxygen atoms in total. The largest absolute Gasteiger partial charge is 0.407 e. The lowest BCUT2D eigenvalue weighted by Crippen LogP contribution is -2.23. The fraction of sp³-hybridized carbons (Fsp3) is 0.833. The van der Waals surface area contributed by atoms with Crippen molar-refractivity contribution < 1.29 is 4.42 Å². The quantitative estimate of drug-likeness (QED) is 0.785. The normalized spacial score (nSPS) is 17.1. The van der Waals surface area contributed by atoms with E-state index >= 15 is 0 Å². The van der Waals surface area contributed by atoms with E-state index < -0.39 is 0 Å². The van der Waals surface area contributed by atoms with Gasteiger partial charge < -0.3 is 14.6 Å². The molecule has 1 aliphatic carbocycles. The minimum Gasteiger partial charge on any atom is -0.407 e. The van der Waals surface area contributed by atoms with E-state index in [1.807, 2.05) is 11.9 Å². The summed E-state index contributed by atoms with van der Waals surface area (Å²) in [5.74, 6) is 1.32. The molecule has 1 atom stereocenters. The first-order valence-electron chi connectivity index (χ1n) is 6.46. The summed E-state index contributed by atoms with van der Waals surface area (Å²) in [6, 6.07) is 1.29. The molecule has 1 heterocycles. The maximum absolute atomic E-state index is 5.61. The molecule has 1 N–H and O–H groups in total. The second kappa shape index (κ2) is 5.49. The Morgan fingerprint density at radius 1 is 1.47 bits per heavy atom. The summed E-state index contributed by atoms with van der Waals surface area (Å²) in [6.45, 7) is 6.06. The molecular weight excluding hydrogens is 216 g/mol. The van der Waals surface area contributed by atoms with E-state index in [0.29, 0.717) is 30.4 Å². The van der Waals surface area contributed by atoms with Crippen LogP contribution in [0.5, 0.6) is 0 Å². The van der Waals surface area contributed by atoms with Crippen molar-refractivity contribution in [3.63, 3.8) is 0 Å². The van der Waals surface area contributed by atoms with Gasteiger partial charge in [0, 0.05) is 19.6 Å². The van der Waals surface area contributed by atoms with Crippen LogP contribution in [0.4, 0.5) is 6.01 Å². The third-order valence-electron chi connectivity index (χ3n) is 3.18. The minimum atomic E-state index is 0.623. The predicted octanol–water partition coefficient (Wildman–Crippen LogP) is 1.80. The van der Waals surface area contributed by atoms with Gasteiger partial charge in [0.05, 0.1) is 6.54 Å². The van der Waals surface area contributed by atoms with Gasteiger partial charge >= 0.3 is 6.01 Å². The lowest BCUT2D eigenvalue weighted by Gasteiger charge is -2.17. The van der Waals surface area contributed by atoms with E-state index in [1.54, 1.807) is 0 Å². The second-order valence-electron chi connectivity index (χ2n) is 5.03. The summed E-state index contributed by atoms with van der Waals surface area (Å²) in [5, 5.41) is 11.5. The lowest BCUT2D eigenvalue weighted by atomic mass is 10.1. The van der Waals surface area contributed by atoms with Gasteiger partial charge in [0.1, 0.15) is 0 Å². The van der Waals surface area contributed by atoms with Crippen molar-refractivity contribution in [2.24, 2.45) is 5.92 Å². The molecule has 17 heavy (non-hydrogen) atoms. The van der Waals surface area contributed by atoms with Crippen molar-refractivity contribution in [3.05, 3.63) is 5.89 Å². The molecule has 1 saturated carbocycles. The summed E-state index contributed by atoms with van der Waals surface area (Å²) >= 11 is 0. The van der Waals surface area contributed by atoms with Crippen molar-refractivity contribution in [3.8, 4) is 0 Å². The molecule has 0 bridgehead atoms. The van der Waals surface area contributed by atoms with Crippen LogP contribution < -0.4 is 10.2 Å². The molecule has 0 aliphatic heterocycles. The van der Waals surface area contributed by atoms with Crippen LogP contribution in [0.1, 0.15) is 39.0 Å². The molecule has 1 fully saturated rings. The van der Waals surface area contributed by atoms with Crippen LogP contribution in [0.25, 0.3) is 0 Å². The molecule has 0 aromatic carbocycles. The van der Waals surface area contributed by atoms with Gasteiger partial charge in [-0.2, -0.15) is 0 Å². The van der Waals surface area contributed by atoms with Gasteiger partial charge in [-0.05, 0) is 18.8 Å². The molecule has 0 amide bonds. The molecule has 0 saturated heterocycles. The van der Waals surface area contributed by atoms with Crippen molar-refractivity contribution in [2.75, 3.05) is 18.5 Å². The number of nitrogens with zero attached hydrogens (tertiary/aromatic N) is 3. The topological polar surface area (TPSA) is 54.2 Å². The molecule has 0 radical (unpaired) electrons. The zero-order valence-electron chi connectivity index (χ0n) is 10.9. The van der Waals surface area contributed by atoms with Gasteiger partial charge in [0.25, 0.3) is 0 Å². The van der Waals surface area contributed by atoms with Gasteiger partial charge in [-0.3, -0.25) is 0 Å². The Balaban J connectivity index is 1.82. The van der Waals surface area contributed by atoms with E-state index in [-0.39, 0.29) is 0 Å². The Labute approximate surface area is 103 Å². The third-order valence-corrected chi connectivity index (χ3v) is 3.18. The van der Waals surface area contributed by atoms with E-state index in [4.69, 9.17) is 4.42 Å². The molecule has 1 unspecified atom stereocenters. The van der Waals surface area contributed by atoms with Crippen molar-refractivity contribution in [2.45, 2.75) is 45.7 Å². The monoisotopic (exact) mass is 238 g/mol. The Kier molecular flexibility index (Phi) is 3.99. The highest BCUT2D eigenvalue weighted by Crippen LogP contribution is 2.19. The second-order valence-corrected chi connectivity index (χ2v) is 5.03. The molecule has 1 aromatic rings. The van der Waals surface area contributed by atoms with Crippen LogP contribution in [0.15, 0.2) is 4.42 Å². The van der Waals surface area contributed by atoms with Crippen LogP contribution in [-0.4, -0.2) is 29.8 Å². The highest BCUT2D eigenvalue weighted by Gasteiger charge is 2.21. The van der Waals surface area contributed by atoms with Crippen LogP contribution in [-0.2, 0) is 6.54 Å². The van der Waals surface area contributed by atoms with E-state index in [9.17, 15) is 0 Å². The van der Waals surface area contributed by atoms with Gasteiger partial charge in [-0.15, -0.1) is 5.10 Å². The summed E-state index contributed by atoms with van der Waals surface area (Å²) < 4.78 is 5.61. The highest BCUT2D eigenvalue weighted by molar-refractivity contribution is 5.21. The number of rotatable bonds is 7. The van der Waals surface area contributed by atoms with Crippen LogP contribution in [0.2, 0.25) is 0 Å². The summed E-state index contributed by atoms with van der Waals surface area (Å²) in [6.07, 6.45) is 3.71. The van der Waals surface area contributed by atoms with E-state index in [1.165, 1.54) is 12.8 Å². The fourth-order valence-electron chi connectivity index (χ4n) is 1.66. The number of aromatic nitrogens is 2. The molecular formula is C12H22N4O. The van der Waals surface area contributed by atoms with Gasteiger partial charge in [0.2, 0.25) is 5.89 Å². The van der Waals surface area contributed by atoms with E-state index in [2.05, 4.69) is 29.4 Å². The van der Waals surface area contributed by atoms with E-state index in [0.717, 1.165) is 13.0 Å². The summed E-state index contributed by atoms with van der Waals surface area (Å²) in [7, 11) is 2.00. The van der Waals surface area contributed by atoms with Crippen molar-refractivity contribution in [1.29, 1.82) is 0 Å². The molecule has 0 spiro atoms. The minimum absolute atomic E-state index is 0.623. The number of nitrogens with one attached hydrogen (secondary N) is 1. The van der Waals surface area contributed by atoms with Gasteiger partial charge in [0.15, 0.2) is 0 Å². The molecule has 5 heteroatoms. The maximum atomic E-state index is 5.61. The standard InChI is InChI=1S/C12H22N4O/c1-4-9(2)8-16(3)12-15-14-11(17-12)7-13-10-5-6-10/h9-10,13H,4-8H2,1-3H3. The number of anilines is 1. The number of hydrogen-bond donors (Lipinski definition) is 1. The van der Waals surface area contributed by atoms with Crippen LogP contribution >= 0.6 is 0 Å². The van der Waals surface area contributed by atoms with Crippen molar-refractivity contribution >= 4 is 6.01 Å². The van der Waals surface area contributed by atoms with Gasteiger partial charge in [-0.25, -0.2) is 0 Å². The highest BCUT2D eigenvalue weighted by atomic mass is 16.4. The third kappa shape index (κ3) is 3.70. The first-order valence-corrected chi connectivity index (χ1v) is 6.46. The molecule has 1 aliphatic rings. The predicted molar refractivity (Wildman–Crippen MR) is 66.9 cm³/mol. The zero-order valence-corrected chi connectivity index (χ0v) is 10.9. The Hall–Kier alpha value is -1.10. The van der Waals surface area contributed by atoms with Crippen molar-refractivity contribution in [1.82, 2.24) is 15.5 Å². The molecule has 2 rings (SSSR count). The smallest absolute Gasteiger partial charge is 0.317 e. The summed E-state index contributed by atoms with van der Waals surface area (Å²) in [5.41, 5.74) is 0. The first kappa shape index (κ1) is 12.4. The Bertz CT molecular complexity index is 348. The lowest BCUT2D eigenvalue weighted by molar-refractivity contribution is 0.453. The molecule has 1 aromatic heterocycles. The average Bonchev–Trinajstić information content (AvgIpc) is 3.03. The van der Waals surface area contributed by atoms with Crippen LogP contribution in [0, 0.1) is 5.92 Å². The average molecular weight is 238 g/mol. The fourth-order valence-corrected chi connectivity index (χ4v) is 1.66.